The molecule has 0 saturated heterocycles. The number of rotatable bonds is 4. The van der Waals surface area contributed by atoms with E-state index in [4.69, 9.17) is 5.73 Å². The Hall–Kier alpha value is -2.50. The molecule has 2 N–H and O–H groups in total. The van der Waals surface area contributed by atoms with Crippen molar-refractivity contribution >= 4 is 5.91 Å². The molecule has 1 fully saturated rings. The minimum Gasteiger partial charge on any atom is -0.406 e. The lowest BCUT2D eigenvalue weighted by Gasteiger charge is -2.17. The molecule has 0 aromatic heterocycles. The number of hydrogen-bond donors (Lipinski definition) is 1. The Kier molecular flexibility index (Phi) is 4.70. The van der Waals surface area contributed by atoms with Gasteiger partial charge in [-0.05, 0) is 47.6 Å². The van der Waals surface area contributed by atoms with Crippen molar-refractivity contribution in [2.24, 2.45) is 11.7 Å². The summed E-state index contributed by atoms with van der Waals surface area (Å²) in [6.07, 6.45) is -1.94. The number of ether oxygens (including phenoxy) is 1. The van der Waals surface area contributed by atoms with E-state index in [1.54, 1.807) is 12.1 Å². The van der Waals surface area contributed by atoms with Gasteiger partial charge >= 0.3 is 6.36 Å². The summed E-state index contributed by atoms with van der Waals surface area (Å²) in [5.74, 6) is -0.478. The summed E-state index contributed by atoms with van der Waals surface area (Å²) in [6.45, 7) is 0. The van der Waals surface area contributed by atoms with Gasteiger partial charge in [-0.1, -0.05) is 42.8 Å². The zero-order chi connectivity index (χ0) is 18.0. The normalized spacial score (nSPS) is 20.4. The highest BCUT2D eigenvalue weighted by Crippen LogP contribution is 2.40. The molecule has 2 unspecified atom stereocenters. The van der Waals surface area contributed by atoms with Crippen LogP contribution in [0.5, 0.6) is 5.75 Å². The van der Waals surface area contributed by atoms with Gasteiger partial charge in [0.15, 0.2) is 0 Å². The Labute approximate surface area is 143 Å². The average molecular weight is 349 g/mol. The number of carbonyl (C=O) groups is 1. The van der Waals surface area contributed by atoms with Gasteiger partial charge in [0.25, 0.3) is 0 Å². The van der Waals surface area contributed by atoms with Gasteiger partial charge in [0.2, 0.25) is 5.91 Å². The summed E-state index contributed by atoms with van der Waals surface area (Å²) in [5.41, 5.74) is 8.22. The fraction of sp³-hybridized carbons (Fsp3) is 0.316. The maximum atomic E-state index is 12.2. The second kappa shape index (κ2) is 6.78. The molecule has 0 radical (unpaired) electrons. The zero-order valence-electron chi connectivity index (χ0n) is 13.4. The molecule has 132 valence electrons. The van der Waals surface area contributed by atoms with Gasteiger partial charge < -0.3 is 10.5 Å². The van der Waals surface area contributed by atoms with Crippen LogP contribution in [0, 0.1) is 5.92 Å². The Bertz CT molecular complexity index is 739. The molecule has 1 aliphatic rings. The molecule has 25 heavy (non-hydrogen) atoms. The average Bonchev–Trinajstić information content (AvgIpc) is 3.04. The van der Waals surface area contributed by atoms with Crippen molar-refractivity contribution in [1.29, 1.82) is 0 Å². The van der Waals surface area contributed by atoms with Gasteiger partial charge in [-0.2, -0.15) is 0 Å². The molecule has 1 amide bonds. The summed E-state index contributed by atoms with van der Waals surface area (Å²) < 4.78 is 40.4. The molecule has 0 spiro atoms. The lowest BCUT2D eigenvalue weighted by Crippen LogP contribution is -2.25. The molecular weight excluding hydrogens is 331 g/mol. The van der Waals surface area contributed by atoms with Crippen molar-refractivity contribution in [2.75, 3.05) is 0 Å². The van der Waals surface area contributed by atoms with E-state index < -0.39 is 6.36 Å². The largest absolute Gasteiger partial charge is 0.573 e. The van der Waals surface area contributed by atoms with E-state index >= 15 is 0 Å². The molecule has 0 bridgehead atoms. The number of benzene rings is 2. The molecule has 1 aliphatic carbocycles. The Balaban J connectivity index is 1.75. The van der Waals surface area contributed by atoms with Crippen molar-refractivity contribution in [2.45, 2.75) is 31.5 Å². The predicted molar refractivity (Wildman–Crippen MR) is 87.8 cm³/mol. The van der Waals surface area contributed by atoms with E-state index in [2.05, 4.69) is 4.74 Å². The molecule has 2 atom stereocenters. The first-order valence-corrected chi connectivity index (χ1v) is 8.09. The quantitative estimate of drug-likeness (QED) is 0.875. The monoisotopic (exact) mass is 349 g/mol. The second-order valence-corrected chi connectivity index (χ2v) is 6.24. The predicted octanol–water partition coefficient (Wildman–Crippen LogP) is 4.62. The topological polar surface area (TPSA) is 52.3 Å². The number of alkyl halides is 3. The van der Waals surface area contributed by atoms with Crippen LogP contribution in [0.4, 0.5) is 13.2 Å². The lowest BCUT2D eigenvalue weighted by atomic mass is 9.87. The van der Waals surface area contributed by atoms with E-state index in [-0.39, 0.29) is 23.5 Å². The van der Waals surface area contributed by atoms with E-state index in [1.807, 2.05) is 24.3 Å². The van der Waals surface area contributed by atoms with Crippen molar-refractivity contribution in [3.63, 3.8) is 0 Å². The van der Waals surface area contributed by atoms with Crippen LogP contribution < -0.4 is 10.5 Å². The highest BCUT2D eigenvalue weighted by Gasteiger charge is 2.32. The van der Waals surface area contributed by atoms with Gasteiger partial charge in [-0.15, -0.1) is 13.2 Å². The van der Waals surface area contributed by atoms with Crippen LogP contribution in [-0.4, -0.2) is 12.3 Å². The van der Waals surface area contributed by atoms with E-state index in [9.17, 15) is 18.0 Å². The molecule has 1 saturated carbocycles. The minimum absolute atomic E-state index is 0.121. The van der Waals surface area contributed by atoms with Crippen molar-refractivity contribution in [3.8, 4) is 16.9 Å². The third-order valence-corrected chi connectivity index (χ3v) is 4.64. The standard InChI is InChI=1S/C19H18F3NO2/c20-19(21,22)25-15-10-8-13(9-11-15)12-4-6-14(7-5-12)16-2-1-3-17(16)18(23)24/h4-11,16-17H,1-3H2,(H2,23,24). The fourth-order valence-corrected chi connectivity index (χ4v) is 3.47. The highest BCUT2D eigenvalue weighted by molar-refractivity contribution is 5.78. The lowest BCUT2D eigenvalue weighted by molar-refractivity contribution is -0.274. The van der Waals surface area contributed by atoms with Crippen LogP contribution in [0.1, 0.15) is 30.7 Å². The molecule has 2 aromatic rings. The minimum atomic E-state index is -4.69. The third-order valence-electron chi connectivity index (χ3n) is 4.64. The molecule has 0 aliphatic heterocycles. The zero-order valence-corrected chi connectivity index (χ0v) is 13.4. The summed E-state index contributed by atoms with van der Waals surface area (Å²) in [5, 5.41) is 0. The number of halogens is 3. The molecule has 2 aromatic carbocycles. The van der Waals surface area contributed by atoms with E-state index in [1.165, 1.54) is 12.1 Å². The Morgan fingerprint density at radius 2 is 1.52 bits per heavy atom. The smallest absolute Gasteiger partial charge is 0.406 e. The van der Waals surface area contributed by atoms with Crippen LogP contribution in [-0.2, 0) is 4.79 Å². The van der Waals surface area contributed by atoms with Gasteiger partial charge in [0.1, 0.15) is 5.75 Å². The summed E-state index contributed by atoms with van der Waals surface area (Å²) in [4.78, 5) is 11.5. The maximum absolute atomic E-state index is 12.2. The molecule has 0 heterocycles. The van der Waals surface area contributed by atoms with Crippen LogP contribution in [0.3, 0.4) is 0 Å². The summed E-state index contributed by atoms with van der Waals surface area (Å²) in [7, 11) is 0. The Morgan fingerprint density at radius 3 is 2.04 bits per heavy atom. The van der Waals surface area contributed by atoms with Gasteiger partial charge in [0.05, 0.1) is 0 Å². The van der Waals surface area contributed by atoms with Crippen molar-refractivity contribution < 1.29 is 22.7 Å². The van der Waals surface area contributed by atoms with Crippen molar-refractivity contribution in [3.05, 3.63) is 54.1 Å². The first kappa shape index (κ1) is 17.3. The molecule has 3 nitrogen and oxygen atoms in total. The number of carbonyl (C=O) groups excluding carboxylic acids is 1. The van der Waals surface area contributed by atoms with Gasteiger partial charge in [-0.25, -0.2) is 0 Å². The van der Waals surface area contributed by atoms with Crippen LogP contribution >= 0.6 is 0 Å². The maximum Gasteiger partial charge on any atom is 0.573 e. The second-order valence-electron chi connectivity index (χ2n) is 6.24. The molecular formula is C19H18F3NO2. The number of hydrogen-bond acceptors (Lipinski definition) is 2. The first-order chi connectivity index (χ1) is 11.8. The third kappa shape index (κ3) is 4.13. The first-order valence-electron chi connectivity index (χ1n) is 8.09. The van der Waals surface area contributed by atoms with Gasteiger partial charge in [-0.3, -0.25) is 4.79 Å². The summed E-state index contributed by atoms with van der Waals surface area (Å²) >= 11 is 0. The Morgan fingerprint density at radius 1 is 0.960 bits per heavy atom. The van der Waals surface area contributed by atoms with Gasteiger partial charge in [0, 0.05) is 5.92 Å². The summed E-state index contributed by atoms with van der Waals surface area (Å²) in [6, 6.07) is 13.5. The van der Waals surface area contributed by atoms with Crippen LogP contribution in [0.25, 0.3) is 11.1 Å². The van der Waals surface area contributed by atoms with E-state index in [0.717, 1.165) is 36.0 Å². The number of nitrogens with two attached hydrogens (primary N) is 1. The van der Waals surface area contributed by atoms with E-state index in [0.29, 0.717) is 0 Å². The number of amides is 1. The van der Waals surface area contributed by atoms with Crippen LogP contribution in [0.15, 0.2) is 48.5 Å². The number of primary amides is 1. The van der Waals surface area contributed by atoms with Crippen molar-refractivity contribution in [1.82, 2.24) is 0 Å². The SMILES string of the molecule is NC(=O)C1CCCC1c1ccc(-c2ccc(OC(F)(F)F)cc2)cc1. The highest BCUT2D eigenvalue weighted by atomic mass is 19.4. The van der Waals surface area contributed by atoms with Crippen LogP contribution in [0.2, 0.25) is 0 Å². The molecule has 6 heteroatoms. The molecule has 3 rings (SSSR count). The fourth-order valence-electron chi connectivity index (χ4n) is 3.47.